The predicted molar refractivity (Wildman–Crippen MR) is 90.6 cm³/mol. The lowest BCUT2D eigenvalue weighted by molar-refractivity contribution is -0.929. The summed E-state index contributed by atoms with van der Waals surface area (Å²) >= 11 is 3.30. The molecule has 1 unspecified atom stereocenters. The molecule has 0 bridgehead atoms. The molecule has 1 aliphatic rings. The van der Waals surface area contributed by atoms with E-state index in [9.17, 15) is 4.39 Å². The lowest BCUT2D eigenvalue weighted by Crippen LogP contribution is -3.10. The Kier molecular flexibility index (Phi) is 4.87. The molecule has 3 rings (SSSR count). The van der Waals surface area contributed by atoms with Crippen LogP contribution in [0.2, 0.25) is 0 Å². The van der Waals surface area contributed by atoms with Gasteiger partial charge in [0.15, 0.2) is 11.5 Å². The van der Waals surface area contributed by atoms with Crippen molar-refractivity contribution in [3.05, 3.63) is 57.3 Å². The molecular weight excluding hydrogens is 361 g/mol. The number of quaternary nitrogens is 1. The van der Waals surface area contributed by atoms with Crippen LogP contribution in [0, 0.1) is 5.82 Å². The van der Waals surface area contributed by atoms with E-state index in [0.29, 0.717) is 6.54 Å². The van der Waals surface area contributed by atoms with Crippen molar-refractivity contribution in [3.8, 4) is 11.5 Å². The summed E-state index contributed by atoms with van der Waals surface area (Å²) in [5.74, 6) is 1.38. The molecule has 0 fully saturated rings. The third kappa shape index (κ3) is 3.51. The van der Waals surface area contributed by atoms with Crippen molar-refractivity contribution >= 4 is 15.9 Å². The van der Waals surface area contributed by atoms with E-state index >= 15 is 0 Å². The summed E-state index contributed by atoms with van der Waals surface area (Å²) in [7, 11) is 3.30. The number of benzene rings is 2. The third-order valence-electron chi connectivity index (χ3n) is 4.35. The minimum absolute atomic E-state index is 0.148. The molecule has 23 heavy (non-hydrogen) atoms. The van der Waals surface area contributed by atoms with Gasteiger partial charge in [-0.1, -0.05) is 15.9 Å². The number of nitrogens with one attached hydrogen (secondary N) is 1. The topological polar surface area (TPSA) is 22.9 Å². The minimum Gasteiger partial charge on any atom is -0.493 e. The van der Waals surface area contributed by atoms with E-state index in [1.165, 1.54) is 22.1 Å². The first-order chi connectivity index (χ1) is 11.1. The Morgan fingerprint density at radius 1 is 1.09 bits per heavy atom. The van der Waals surface area contributed by atoms with Crippen LogP contribution in [0.1, 0.15) is 16.7 Å². The zero-order chi connectivity index (χ0) is 16.4. The number of hydrogen-bond donors (Lipinski definition) is 1. The smallest absolute Gasteiger partial charge is 0.161 e. The van der Waals surface area contributed by atoms with Crippen molar-refractivity contribution < 1.29 is 18.8 Å². The first kappa shape index (κ1) is 16.3. The van der Waals surface area contributed by atoms with Gasteiger partial charge in [0.05, 0.1) is 20.8 Å². The fraction of sp³-hybridized carbons (Fsp3) is 0.333. The van der Waals surface area contributed by atoms with E-state index in [4.69, 9.17) is 9.47 Å². The van der Waals surface area contributed by atoms with Crippen LogP contribution in [0.3, 0.4) is 0 Å². The van der Waals surface area contributed by atoms with Crippen LogP contribution in [0.4, 0.5) is 4.39 Å². The molecule has 0 amide bonds. The highest BCUT2D eigenvalue weighted by Gasteiger charge is 2.23. The first-order valence-corrected chi connectivity index (χ1v) is 8.41. The lowest BCUT2D eigenvalue weighted by Gasteiger charge is -2.27. The Morgan fingerprint density at radius 2 is 1.78 bits per heavy atom. The summed E-state index contributed by atoms with van der Waals surface area (Å²) < 4.78 is 25.6. The van der Waals surface area contributed by atoms with Gasteiger partial charge in [-0.2, -0.15) is 0 Å². The summed E-state index contributed by atoms with van der Waals surface area (Å²) in [5, 5.41) is 0. The zero-order valence-electron chi connectivity index (χ0n) is 13.3. The van der Waals surface area contributed by atoms with Gasteiger partial charge in [0.25, 0.3) is 0 Å². The molecule has 1 N–H and O–H groups in total. The molecular formula is C18H20BrFNO2+. The molecule has 5 heteroatoms. The summed E-state index contributed by atoms with van der Waals surface area (Å²) in [6.07, 6.45) is 0.961. The van der Waals surface area contributed by atoms with Crippen LogP contribution < -0.4 is 14.4 Å². The maximum absolute atomic E-state index is 14.0. The van der Waals surface area contributed by atoms with Gasteiger partial charge in [-0.25, -0.2) is 4.39 Å². The fourth-order valence-electron chi connectivity index (χ4n) is 3.11. The van der Waals surface area contributed by atoms with Crippen molar-refractivity contribution in [2.24, 2.45) is 0 Å². The van der Waals surface area contributed by atoms with Crippen LogP contribution in [-0.2, 0) is 19.5 Å². The molecule has 0 aromatic heterocycles. The molecule has 0 spiro atoms. The van der Waals surface area contributed by atoms with Gasteiger partial charge in [-0.15, -0.1) is 0 Å². The van der Waals surface area contributed by atoms with E-state index < -0.39 is 0 Å². The second kappa shape index (κ2) is 6.89. The lowest BCUT2D eigenvalue weighted by atomic mass is 9.98. The summed E-state index contributed by atoms with van der Waals surface area (Å²) in [5.41, 5.74) is 3.30. The van der Waals surface area contributed by atoms with Crippen LogP contribution in [-0.4, -0.2) is 20.8 Å². The van der Waals surface area contributed by atoms with E-state index in [0.717, 1.165) is 41.0 Å². The van der Waals surface area contributed by atoms with Crippen LogP contribution in [0.25, 0.3) is 0 Å². The average molecular weight is 381 g/mol. The number of ether oxygens (including phenoxy) is 2. The van der Waals surface area contributed by atoms with Crippen LogP contribution in [0.15, 0.2) is 34.8 Å². The largest absolute Gasteiger partial charge is 0.493 e. The van der Waals surface area contributed by atoms with Gasteiger partial charge in [0.2, 0.25) is 0 Å². The maximum atomic E-state index is 14.0. The molecule has 0 saturated carbocycles. The highest BCUT2D eigenvalue weighted by molar-refractivity contribution is 9.10. The standard InChI is InChI=1S/C18H19BrFNO2/c1-22-17-7-12-5-6-21(11-14(12)8-18(17)23-2)10-13-3-4-15(19)9-16(13)20/h3-4,7-9H,5-6,10-11H2,1-2H3/p+1. The molecule has 2 aromatic rings. The second-order valence-corrected chi connectivity index (χ2v) is 6.73. The van der Waals surface area contributed by atoms with Gasteiger partial charge in [-0.05, 0) is 35.9 Å². The molecule has 122 valence electrons. The third-order valence-corrected chi connectivity index (χ3v) is 4.84. The first-order valence-electron chi connectivity index (χ1n) is 7.62. The highest BCUT2D eigenvalue weighted by Crippen LogP contribution is 2.31. The average Bonchev–Trinajstić information content (AvgIpc) is 2.56. The molecule has 1 atom stereocenters. The van der Waals surface area contributed by atoms with Crippen molar-refractivity contribution in [1.82, 2.24) is 0 Å². The number of fused-ring (bicyclic) bond motifs is 1. The Bertz CT molecular complexity index is 720. The van der Waals surface area contributed by atoms with E-state index in [2.05, 4.69) is 22.0 Å². The Hall–Kier alpha value is -1.59. The zero-order valence-corrected chi connectivity index (χ0v) is 14.9. The normalized spacial score (nSPS) is 16.8. The van der Waals surface area contributed by atoms with E-state index in [1.807, 2.05) is 18.2 Å². The molecule has 3 nitrogen and oxygen atoms in total. The molecule has 0 radical (unpaired) electrons. The number of hydrogen-bond acceptors (Lipinski definition) is 2. The fourth-order valence-corrected chi connectivity index (χ4v) is 3.45. The van der Waals surface area contributed by atoms with Gasteiger partial charge in [0.1, 0.15) is 18.9 Å². The number of rotatable bonds is 4. The van der Waals surface area contributed by atoms with E-state index in [1.54, 1.807) is 14.2 Å². The van der Waals surface area contributed by atoms with Crippen LogP contribution >= 0.6 is 15.9 Å². The van der Waals surface area contributed by atoms with Crippen molar-refractivity contribution in [3.63, 3.8) is 0 Å². The molecule has 0 saturated heterocycles. The quantitative estimate of drug-likeness (QED) is 0.881. The predicted octanol–water partition coefficient (Wildman–Crippen LogP) is 2.75. The Morgan fingerprint density at radius 3 is 2.43 bits per heavy atom. The van der Waals surface area contributed by atoms with Crippen LogP contribution in [0.5, 0.6) is 11.5 Å². The van der Waals surface area contributed by atoms with Crippen molar-refractivity contribution in [2.45, 2.75) is 19.5 Å². The van der Waals surface area contributed by atoms with Gasteiger partial charge in [0, 0.05) is 22.0 Å². The summed E-state index contributed by atoms with van der Waals surface area (Å²) in [6.45, 7) is 2.54. The van der Waals surface area contributed by atoms with Gasteiger partial charge in [-0.3, -0.25) is 0 Å². The van der Waals surface area contributed by atoms with Crippen molar-refractivity contribution in [1.29, 1.82) is 0 Å². The Balaban J connectivity index is 1.79. The molecule has 2 aromatic carbocycles. The summed E-state index contributed by atoms with van der Waals surface area (Å²) in [6, 6.07) is 9.39. The monoisotopic (exact) mass is 380 g/mol. The van der Waals surface area contributed by atoms with Gasteiger partial charge < -0.3 is 14.4 Å². The minimum atomic E-state index is -0.148. The van der Waals surface area contributed by atoms with Gasteiger partial charge >= 0.3 is 0 Å². The molecule has 1 heterocycles. The summed E-state index contributed by atoms with van der Waals surface area (Å²) in [4.78, 5) is 1.35. The molecule has 1 aliphatic heterocycles. The highest BCUT2D eigenvalue weighted by atomic mass is 79.9. The SMILES string of the molecule is COc1cc2c(cc1OC)C[NH+](Cc1ccc(Br)cc1F)CC2. The number of halogens is 2. The molecule has 0 aliphatic carbocycles. The second-order valence-electron chi connectivity index (χ2n) is 5.82. The van der Waals surface area contributed by atoms with Crippen molar-refractivity contribution in [2.75, 3.05) is 20.8 Å². The Labute approximate surface area is 144 Å². The van der Waals surface area contributed by atoms with E-state index in [-0.39, 0.29) is 5.82 Å². The maximum Gasteiger partial charge on any atom is 0.161 e. The number of methoxy groups -OCH3 is 2.